The number of nitrogens with zero attached hydrogens (tertiary/aromatic N) is 5. The van der Waals surface area contributed by atoms with E-state index in [2.05, 4.69) is 25.7 Å². The number of carbonyl (C=O) groups excluding carboxylic acids is 2. The first kappa shape index (κ1) is 18.3. The highest BCUT2D eigenvalue weighted by molar-refractivity contribution is 8.00. The predicted molar refractivity (Wildman–Crippen MR) is 89.8 cm³/mol. The Morgan fingerprint density at radius 1 is 1.38 bits per heavy atom. The van der Waals surface area contributed by atoms with Crippen molar-refractivity contribution in [3.8, 4) is 0 Å². The van der Waals surface area contributed by atoms with Crippen LogP contribution in [0.4, 0.5) is 5.13 Å². The van der Waals surface area contributed by atoms with Crippen molar-refractivity contribution in [3.05, 3.63) is 11.3 Å². The van der Waals surface area contributed by atoms with Crippen molar-refractivity contribution in [1.29, 1.82) is 0 Å². The first-order valence-electron chi connectivity index (χ1n) is 7.33. The van der Waals surface area contributed by atoms with E-state index in [1.165, 1.54) is 11.8 Å². The normalized spacial score (nSPS) is 12.0. The molecule has 2 heterocycles. The van der Waals surface area contributed by atoms with Gasteiger partial charge in [-0.2, -0.15) is 0 Å². The first-order valence-corrected chi connectivity index (χ1v) is 9.02. The molecule has 24 heavy (non-hydrogen) atoms. The molecule has 0 spiro atoms. The van der Waals surface area contributed by atoms with Crippen molar-refractivity contribution in [3.63, 3.8) is 0 Å². The highest BCUT2D eigenvalue weighted by Gasteiger charge is 2.22. The molecule has 0 aliphatic heterocycles. The molecular formula is C13H18N6O3S2. The number of carbonyl (C=O) groups is 2. The number of anilines is 1. The molecule has 0 fully saturated rings. The Kier molecular flexibility index (Phi) is 6.67. The van der Waals surface area contributed by atoms with Gasteiger partial charge in [0.2, 0.25) is 11.0 Å². The Hall–Kier alpha value is -2.01. The zero-order chi connectivity index (χ0) is 17.5. The summed E-state index contributed by atoms with van der Waals surface area (Å²) in [6, 6.07) is 0. The Morgan fingerprint density at radius 2 is 2.17 bits per heavy atom. The van der Waals surface area contributed by atoms with Crippen LogP contribution in [0.2, 0.25) is 0 Å². The summed E-state index contributed by atoms with van der Waals surface area (Å²) in [5.41, 5.74) is 0. The minimum Gasteiger partial charge on any atom is -0.466 e. The van der Waals surface area contributed by atoms with Crippen LogP contribution in [0.15, 0.2) is 11.5 Å². The van der Waals surface area contributed by atoms with E-state index in [0.29, 0.717) is 28.3 Å². The van der Waals surface area contributed by atoms with Gasteiger partial charge in [-0.15, -0.1) is 20.4 Å². The highest BCUT2D eigenvalue weighted by Crippen LogP contribution is 2.25. The van der Waals surface area contributed by atoms with Gasteiger partial charge < -0.3 is 9.30 Å². The second-order valence-electron chi connectivity index (χ2n) is 4.71. The molecule has 0 saturated carbocycles. The van der Waals surface area contributed by atoms with Gasteiger partial charge >= 0.3 is 5.97 Å². The van der Waals surface area contributed by atoms with Gasteiger partial charge in [-0.1, -0.05) is 30.0 Å². The third-order valence-corrected chi connectivity index (χ3v) is 5.13. The van der Waals surface area contributed by atoms with Gasteiger partial charge in [0.05, 0.1) is 18.3 Å². The number of nitrogens with one attached hydrogen (secondary N) is 1. The lowest BCUT2D eigenvalue weighted by Crippen LogP contribution is -2.24. The summed E-state index contributed by atoms with van der Waals surface area (Å²) in [5, 5.41) is 19.5. The molecule has 2 rings (SSSR count). The van der Waals surface area contributed by atoms with Gasteiger partial charge in [0, 0.05) is 7.05 Å². The molecule has 0 bridgehead atoms. The lowest BCUT2D eigenvalue weighted by atomic mass is 10.3. The van der Waals surface area contributed by atoms with Crippen LogP contribution in [0.1, 0.15) is 25.3 Å². The monoisotopic (exact) mass is 370 g/mol. The number of aryl methyl sites for hydroxylation is 1. The quantitative estimate of drug-likeness (QED) is 0.546. The molecule has 1 N–H and O–H groups in total. The minimum atomic E-state index is -0.365. The molecule has 9 nitrogen and oxygen atoms in total. The summed E-state index contributed by atoms with van der Waals surface area (Å²) in [6.45, 7) is 3.97. The summed E-state index contributed by atoms with van der Waals surface area (Å²) >= 11 is 2.49. The van der Waals surface area contributed by atoms with Crippen LogP contribution in [-0.2, 0) is 27.8 Å². The third-order valence-electron chi connectivity index (χ3n) is 2.88. The number of thioether (sulfide) groups is 1. The number of rotatable bonds is 8. The SMILES string of the molecule is CCOC(=O)Cc1nnc(NC(=O)[C@@H](CC)Sc2nncn2C)s1. The lowest BCUT2D eigenvalue weighted by molar-refractivity contribution is -0.142. The van der Waals surface area contributed by atoms with Crippen molar-refractivity contribution in [1.82, 2.24) is 25.0 Å². The zero-order valence-electron chi connectivity index (χ0n) is 13.6. The van der Waals surface area contributed by atoms with Crippen LogP contribution in [0.25, 0.3) is 0 Å². The predicted octanol–water partition coefficient (Wildman–Crippen LogP) is 1.28. The molecule has 0 saturated heterocycles. The summed E-state index contributed by atoms with van der Waals surface area (Å²) < 4.78 is 6.61. The maximum atomic E-state index is 12.4. The Morgan fingerprint density at radius 3 is 2.79 bits per heavy atom. The third kappa shape index (κ3) is 4.99. The van der Waals surface area contributed by atoms with Crippen molar-refractivity contribution in [2.24, 2.45) is 7.05 Å². The van der Waals surface area contributed by atoms with Gasteiger partial charge in [0.15, 0.2) is 5.16 Å². The van der Waals surface area contributed by atoms with Crippen molar-refractivity contribution >= 4 is 40.1 Å². The molecule has 11 heteroatoms. The summed E-state index contributed by atoms with van der Waals surface area (Å²) in [7, 11) is 1.82. The Labute approximate surface area is 147 Å². The molecule has 0 aromatic carbocycles. The van der Waals surface area contributed by atoms with Crippen molar-refractivity contribution in [2.75, 3.05) is 11.9 Å². The maximum Gasteiger partial charge on any atom is 0.312 e. The maximum absolute atomic E-state index is 12.4. The van der Waals surface area contributed by atoms with Gasteiger partial charge in [-0.3, -0.25) is 14.9 Å². The smallest absolute Gasteiger partial charge is 0.312 e. The standard InChI is InChI=1S/C13H18N6O3S2/c1-4-8(23-13-18-14-7-19(13)3)11(21)15-12-17-16-9(24-12)6-10(20)22-5-2/h7-8H,4-6H2,1-3H3,(H,15,17,21)/t8-/m1/s1. The van der Waals surface area contributed by atoms with Crippen LogP contribution < -0.4 is 5.32 Å². The van der Waals surface area contributed by atoms with Gasteiger partial charge in [0.1, 0.15) is 11.3 Å². The molecule has 0 aliphatic carbocycles. The number of aromatic nitrogens is 5. The molecule has 2 aromatic rings. The average molecular weight is 370 g/mol. The molecule has 1 atom stereocenters. The minimum absolute atomic E-state index is 0.0479. The van der Waals surface area contributed by atoms with E-state index in [0.717, 1.165) is 11.3 Å². The van der Waals surface area contributed by atoms with Crippen molar-refractivity contribution < 1.29 is 14.3 Å². The second-order valence-corrected chi connectivity index (χ2v) is 6.94. The number of amides is 1. The number of ether oxygens (including phenoxy) is 1. The molecule has 2 aromatic heterocycles. The highest BCUT2D eigenvalue weighted by atomic mass is 32.2. The van der Waals surface area contributed by atoms with Gasteiger partial charge in [-0.05, 0) is 13.3 Å². The fourth-order valence-corrected chi connectivity index (χ4v) is 3.35. The largest absolute Gasteiger partial charge is 0.466 e. The van der Waals surface area contributed by atoms with Crippen LogP contribution in [0.3, 0.4) is 0 Å². The number of esters is 1. The van der Waals surface area contributed by atoms with Gasteiger partial charge in [0.25, 0.3) is 0 Å². The van der Waals surface area contributed by atoms with E-state index < -0.39 is 0 Å². The molecule has 0 unspecified atom stereocenters. The Balaban J connectivity index is 1.94. The average Bonchev–Trinajstić information content (AvgIpc) is 3.14. The first-order chi connectivity index (χ1) is 11.5. The molecule has 0 radical (unpaired) electrons. The van der Waals surface area contributed by atoms with Gasteiger partial charge in [-0.25, -0.2) is 0 Å². The van der Waals surface area contributed by atoms with E-state index in [9.17, 15) is 9.59 Å². The molecular weight excluding hydrogens is 352 g/mol. The molecule has 130 valence electrons. The fourth-order valence-electron chi connectivity index (χ4n) is 1.73. The van der Waals surface area contributed by atoms with Crippen LogP contribution in [0, 0.1) is 0 Å². The summed E-state index contributed by atoms with van der Waals surface area (Å²) in [5.74, 6) is -0.555. The summed E-state index contributed by atoms with van der Waals surface area (Å²) in [4.78, 5) is 23.8. The molecule has 1 amide bonds. The summed E-state index contributed by atoms with van der Waals surface area (Å²) in [6.07, 6.45) is 2.25. The van der Waals surface area contributed by atoms with E-state index in [1.807, 2.05) is 14.0 Å². The topological polar surface area (TPSA) is 112 Å². The van der Waals surface area contributed by atoms with E-state index in [1.54, 1.807) is 17.8 Å². The fraction of sp³-hybridized carbons (Fsp3) is 0.538. The van der Waals surface area contributed by atoms with E-state index in [4.69, 9.17) is 4.74 Å². The number of hydrogen-bond acceptors (Lipinski definition) is 9. The zero-order valence-corrected chi connectivity index (χ0v) is 15.2. The van der Waals surface area contributed by atoms with Crippen molar-refractivity contribution in [2.45, 2.75) is 37.1 Å². The van der Waals surface area contributed by atoms with E-state index >= 15 is 0 Å². The van der Waals surface area contributed by atoms with Crippen LogP contribution in [0.5, 0.6) is 0 Å². The number of hydrogen-bond donors (Lipinski definition) is 1. The van der Waals surface area contributed by atoms with Crippen LogP contribution >= 0.6 is 23.1 Å². The van der Waals surface area contributed by atoms with Crippen LogP contribution in [-0.4, -0.2) is 48.7 Å². The van der Waals surface area contributed by atoms with E-state index in [-0.39, 0.29) is 23.5 Å². The Bertz CT molecular complexity index is 701. The lowest BCUT2D eigenvalue weighted by Gasteiger charge is -2.12. The molecule has 0 aliphatic rings. The second kappa shape index (κ2) is 8.73.